The highest BCUT2D eigenvalue weighted by molar-refractivity contribution is 7.89. The Bertz CT molecular complexity index is 1340. The molecule has 2 aromatic carbocycles. The van der Waals surface area contributed by atoms with Crippen molar-refractivity contribution in [2.24, 2.45) is 23.1 Å². The van der Waals surface area contributed by atoms with Gasteiger partial charge < -0.3 is 32.9 Å². The van der Waals surface area contributed by atoms with Gasteiger partial charge in [0.25, 0.3) is 0 Å². The van der Waals surface area contributed by atoms with Crippen LogP contribution in [0.3, 0.4) is 0 Å². The molecule has 242 valence electrons. The van der Waals surface area contributed by atoms with Crippen molar-refractivity contribution >= 4 is 33.7 Å². The summed E-state index contributed by atoms with van der Waals surface area (Å²) in [7, 11) is -4.00. The number of sulfonamides is 1. The number of aliphatic hydroxyl groups excluding tert-OH is 1. The molecule has 0 saturated heterocycles. The fourth-order valence-corrected chi connectivity index (χ4v) is 5.84. The predicted molar refractivity (Wildman–Crippen MR) is 165 cm³/mol. The van der Waals surface area contributed by atoms with Crippen LogP contribution in [0, 0.1) is 5.92 Å². The van der Waals surface area contributed by atoms with Crippen LogP contribution in [0.5, 0.6) is 0 Å². The average Bonchev–Trinajstić information content (AvgIpc) is 2.97. The van der Waals surface area contributed by atoms with Gasteiger partial charge in [0.1, 0.15) is 6.04 Å². The standard InChI is InChI=1S/C30H44N6O7S/c1-20(2)15-16-36(44(42,43)22-11-7-4-8-12-22)19-26(37)24(17-21-9-5-3-6-10-21)34-30(41)25(18-28(33)39)35-29(40)23(31)13-14-27(32)38/h3-12,20,23-26,37H,13-19,31H2,1-2H3,(H2,32,38)(H2,33,39)(H,34,41)(H,35,40)/t23-,24-,25-,26+/m0/s1. The van der Waals surface area contributed by atoms with Gasteiger partial charge in [-0.1, -0.05) is 62.4 Å². The molecule has 9 N–H and O–H groups in total. The van der Waals surface area contributed by atoms with E-state index in [1.807, 2.05) is 13.8 Å². The average molecular weight is 633 g/mol. The fraction of sp³-hybridized carbons (Fsp3) is 0.467. The van der Waals surface area contributed by atoms with E-state index in [0.717, 1.165) is 5.56 Å². The number of nitrogens with one attached hydrogen (secondary N) is 2. The highest BCUT2D eigenvalue weighted by atomic mass is 32.2. The van der Waals surface area contributed by atoms with Crippen molar-refractivity contribution in [1.82, 2.24) is 14.9 Å². The lowest BCUT2D eigenvalue weighted by molar-refractivity contribution is -0.132. The summed E-state index contributed by atoms with van der Waals surface area (Å²) in [5.74, 6) is -3.01. The van der Waals surface area contributed by atoms with Crippen LogP contribution < -0.4 is 27.8 Å². The van der Waals surface area contributed by atoms with Crippen LogP contribution in [0.1, 0.15) is 45.1 Å². The first-order valence-electron chi connectivity index (χ1n) is 14.4. The minimum atomic E-state index is -4.00. The van der Waals surface area contributed by atoms with Gasteiger partial charge >= 0.3 is 0 Å². The molecule has 4 amide bonds. The van der Waals surface area contributed by atoms with Crippen molar-refractivity contribution in [1.29, 1.82) is 0 Å². The third-order valence-electron chi connectivity index (χ3n) is 6.89. The largest absolute Gasteiger partial charge is 0.390 e. The number of carbonyl (C=O) groups is 4. The van der Waals surface area contributed by atoms with Crippen molar-refractivity contribution in [3.8, 4) is 0 Å². The number of aliphatic hydroxyl groups is 1. The number of benzene rings is 2. The number of hydrogen-bond donors (Lipinski definition) is 6. The lowest BCUT2D eigenvalue weighted by atomic mass is 10.00. The summed E-state index contributed by atoms with van der Waals surface area (Å²) in [4.78, 5) is 49.0. The Balaban J connectivity index is 2.35. The van der Waals surface area contributed by atoms with E-state index in [2.05, 4.69) is 10.6 Å². The van der Waals surface area contributed by atoms with Gasteiger partial charge in [0.15, 0.2) is 0 Å². The Labute approximate surface area is 258 Å². The van der Waals surface area contributed by atoms with E-state index >= 15 is 0 Å². The van der Waals surface area contributed by atoms with Gasteiger partial charge in [0.05, 0.1) is 29.5 Å². The number of rotatable bonds is 19. The Hall–Kier alpha value is -3.85. The van der Waals surface area contributed by atoms with Crippen molar-refractivity contribution in [3.63, 3.8) is 0 Å². The molecule has 0 unspecified atom stereocenters. The molecular weight excluding hydrogens is 588 g/mol. The van der Waals surface area contributed by atoms with Gasteiger partial charge in [0.2, 0.25) is 33.7 Å². The van der Waals surface area contributed by atoms with Crippen LogP contribution in [-0.4, -0.2) is 78.8 Å². The van der Waals surface area contributed by atoms with Crippen LogP contribution in [0.25, 0.3) is 0 Å². The zero-order valence-electron chi connectivity index (χ0n) is 25.1. The second-order valence-electron chi connectivity index (χ2n) is 11.1. The van der Waals surface area contributed by atoms with Crippen LogP contribution in [0.15, 0.2) is 65.6 Å². The Morgan fingerprint density at radius 2 is 1.45 bits per heavy atom. The number of carbonyl (C=O) groups excluding carboxylic acids is 4. The number of amides is 4. The highest BCUT2D eigenvalue weighted by Crippen LogP contribution is 2.19. The minimum Gasteiger partial charge on any atom is -0.390 e. The van der Waals surface area contributed by atoms with E-state index in [9.17, 15) is 32.7 Å². The van der Waals surface area contributed by atoms with Crippen LogP contribution in [0.4, 0.5) is 0 Å². The van der Waals surface area contributed by atoms with Crippen molar-refractivity contribution in [3.05, 3.63) is 66.2 Å². The summed E-state index contributed by atoms with van der Waals surface area (Å²) in [6.07, 6.45) is -1.58. The summed E-state index contributed by atoms with van der Waals surface area (Å²) in [6.45, 7) is 3.69. The van der Waals surface area contributed by atoms with Gasteiger partial charge in [0, 0.05) is 19.5 Å². The topological polar surface area (TPSA) is 228 Å². The van der Waals surface area contributed by atoms with Crippen LogP contribution in [0.2, 0.25) is 0 Å². The van der Waals surface area contributed by atoms with Crippen LogP contribution >= 0.6 is 0 Å². The summed E-state index contributed by atoms with van der Waals surface area (Å²) in [5, 5.41) is 16.5. The first kappa shape index (κ1) is 36.3. The molecule has 0 aromatic heterocycles. The first-order chi connectivity index (χ1) is 20.7. The summed E-state index contributed by atoms with van der Waals surface area (Å²) in [5.41, 5.74) is 17.0. The van der Waals surface area contributed by atoms with Crippen LogP contribution in [-0.2, 0) is 35.6 Å². The molecule has 0 bridgehead atoms. The lowest BCUT2D eigenvalue weighted by Crippen LogP contribution is -2.57. The van der Waals surface area contributed by atoms with Gasteiger partial charge in [-0.2, -0.15) is 4.31 Å². The van der Waals surface area contributed by atoms with Gasteiger partial charge in [-0.3, -0.25) is 19.2 Å². The molecular formula is C30H44N6O7S. The fourth-order valence-electron chi connectivity index (χ4n) is 4.34. The van der Waals surface area contributed by atoms with Gasteiger partial charge in [-0.25, -0.2) is 8.42 Å². The lowest BCUT2D eigenvalue weighted by Gasteiger charge is -2.31. The van der Waals surface area contributed by atoms with E-state index in [1.165, 1.54) is 16.4 Å². The molecule has 0 aliphatic rings. The second-order valence-corrected chi connectivity index (χ2v) is 13.0. The maximum atomic E-state index is 13.6. The third-order valence-corrected chi connectivity index (χ3v) is 8.77. The molecule has 0 heterocycles. The maximum absolute atomic E-state index is 13.6. The van der Waals surface area contributed by atoms with E-state index in [-0.39, 0.29) is 43.2 Å². The number of primary amides is 2. The smallest absolute Gasteiger partial charge is 0.243 e. The number of hydrogen-bond acceptors (Lipinski definition) is 8. The Morgan fingerprint density at radius 1 is 0.864 bits per heavy atom. The molecule has 0 spiro atoms. The third kappa shape index (κ3) is 12.0. The quantitative estimate of drug-likeness (QED) is 0.121. The monoisotopic (exact) mass is 632 g/mol. The molecule has 2 aromatic rings. The summed E-state index contributed by atoms with van der Waals surface area (Å²) >= 11 is 0. The predicted octanol–water partition coefficient (Wildman–Crippen LogP) is -0.235. The first-order valence-corrected chi connectivity index (χ1v) is 15.8. The van der Waals surface area contributed by atoms with E-state index in [1.54, 1.807) is 48.5 Å². The molecule has 13 nitrogen and oxygen atoms in total. The molecule has 2 rings (SSSR count). The molecule has 44 heavy (non-hydrogen) atoms. The highest BCUT2D eigenvalue weighted by Gasteiger charge is 2.33. The Morgan fingerprint density at radius 3 is 2.00 bits per heavy atom. The summed E-state index contributed by atoms with van der Waals surface area (Å²) < 4.78 is 28.4. The van der Waals surface area contributed by atoms with Gasteiger partial charge in [-0.15, -0.1) is 0 Å². The molecule has 0 aliphatic carbocycles. The zero-order valence-corrected chi connectivity index (χ0v) is 25.9. The zero-order chi connectivity index (χ0) is 32.9. The minimum absolute atomic E-state index is 0.0662. The SMILES string of the molecule is CC(C)CCN(C[C@@H](O)[C@H](Cc1ccccc1)NC(=O)[C@H](CC(N)=O)NC(=O)[C@@H](N)CCC(N)=O)S(=O)(=O)c1ccccc1. The normalized spacial score (nSPS) is 14.4. The van der Waals surface area contributed by atoms with Crippen molar-refractivity contribution in [2.45, 2.75) is 75.1 Å². The van der Waals surface area contributed by atoms with Crippen molar-refractivity contribution in [2.75, 3.05) is 13.1 Å². The molecule has 0 radical (unpaired) electrons. The molecule has 14 heteroatoms. The maximum Gasteiger partial charge on any atom is 0.243 e. The number of nitrogens with zero attached hydrogens (tertiary/aromatic N) is 1. The van der Waals surface area contributed by atoms with E-state index in [0.29, 0.717) is 6.42 Å². The summed E-state index contributed by atoms with van der Waals surface area (Å²) in [6, 6.07) is 13.1. The molecule has 4 atom stereocenters. The molecule has 0 saturated carbocycles. The van der Waals surface area contributed by atoms with Gasteiger partial charge in [-0.05, 0) is 42.9 Å². The van der Waals surface area contributed by atoms with E-state index in [4.69, 9.17) is 17.2 Å². The number of nitrogens with two attached hydrogens (primary N) is 3. The van der Waals surface area contributed by atoms with E-state index < -0.39 is 64.3 Å². The second kappa shape index (κ2) is 17.4. The Kier molecular flexibility index (Phi) is 14.4. The molecule has 0 fully saturated rings. The van der Waals surface area contributed by atoms with Crippen molar-refractivity contribution < 1.29 is 32.7 Å². The molecule has 0 aliphatic heterocycles.